The largest absolute Gasteiger partial charge is 0.362 e. The van der Waals surface area contributed by atoms with Crippen LogP contribution in [0.1, 0.15) is 5.76 Å². The molecule has 0 saturated heterocycles. The molecule has 3 heterocycles. The van der Waals surface area contributed by atoms with Gasteiger partial charge in [-0.05, 0) is 11.4 Å². The Morgan fingerprint density at radius 1 is 1.33 bits per heavy atom. The number of thiophene rings is 1. The summed E-state index contributed by atoms with van der Waals surface area (Å²) in [5, 5.41) is 9.73. The van der Waals surface area contributed by atoms with E-state index in [1.165, 1.54) is 11.3 Å². The zero-order chi connectivity index (χ0) is 12.4. The Labute approximate surface area is 106 Å². The molecule has 0 aliphatic rings. The molecule has 7 nitrogen and oxygen atoms in total. The third kappa shape index (κ3) is 1.98. The summed E-state index contributed by atoms with van der Waals surface area (Å²) in [5.74, 6) is 7.17. The van der Waals surface area contributed by atoms with Gasteiger partial charge in [0.05, 0.1) is 18.1 Å². The summed E-state index contributed by atoms with van der Waals surface area (Å²) in [6.45, 7) is 0.506. The SMILES string of the molecule is NNc1nc(NCc2ccno2)c2ccsc2n1. The average Bonchev–Trinajstić information content (AvgIpc) is 3.06. The number of nitrogens with two attached hydrogens (primary N) is 1. The van der Waals surface area contributed by atoms with Gasteiger partial charge in [-0.1, -0.05) is 5.16 Å². The number of nitrogens with one attached hydrogen (secondary N) is 2. The number of nitrogens with zero attached hydrogens (tertiary/aromatic N) is 3. The zero-order valence-electron chi connectivity index (χ0n) is 9.25. The second-order valence-corrected chi connectivity index (χ2v) is 4.41. The minimum absolute atomic E-state index is 0.380. The van der Waals surface area contributed by atoms with Gasteiger partial charge < -0.3 is 9.84 Å². The molecule has 0 amide bonds. The molecule has 0 aliphatic carbocycles. The summed E-state index contributed by atoms with van der Waals surface area (Å²) in [7, 11) is 0. The van der Waals surface area contributed by atoms with Crippen LogP contribution in [0.3, 0.4) is 0 Å². The van der Waals surface area contributed by atoms with Crippen LogP contribution in [0, 0.1) is 0 Å². The fourth-order valence-corrected chi connectivity index (χ4v) is 2.32. The Bertz CT molecular complexity index is 649. The predicted molar refractivity (Wildman–Crippen MR) is 69.1 cm³/mol. The van der Waals surface area contributed by atoms with Crippen molar-refractivity contribution < 1.29 is 4.52 Å². The molecule has 0 bridgehead atoms. The Morgan fingerprint density at radius 2 is 2.28 bits per heavy atom. The molecule has 0 spiro atoms. The molecular formula is C10H10N6OS. The smallest absolute Gasteiger partial charge is 0.240 e. The molecule has 8 heteroatoms. The van der Waals surface area contributed by atoms with Crippen molar-refractivity contribution in [2.24, 2.45) is 5.84 Å². The fourth-order valence-electron chi connectivity index (χ4n) is 1.56. The van der Waals surface area contributed by atoms with Gasteiger partial charge in [0.1, 0.15) is 10.6 Å². The van der Waals surface area contributed by atoms with E-state index in [4.69, 9.17) is 10.4 Å². The molecule has 4 N–H and O–H groups in total. The van der Waals surface area contributed by atoms with Gasteiger partial charge in [-0.25, -0.2) is 10.8 Å². The van der Waals surface area contributed by atoms with E-state index in [1.54, 1.807) is 12.3 Å². The lowest BCUT2D eigenvalue weighted by atomic mass is 10.3. The third-order valence-electron chi connectivity index (χ3n) is 2.38. The maximum Gasteiger partial charge on any atom is 0.240 e. The summed E-state index contributed by atoms with van der Waals surface area (Å²) >= 11 is 1.53. The monoisotopic (exact) mass is 262 g/mol. The normalized spacial score (nSPS) is 10.7. The molecule has 0 radical (unpaired) electrons. The van der Waals surface area contributed by atoms with Crippen LogP contribution in [0.25, 0.3) is 10.2 Å². The first-order chi connectivity index (χ1) is 8.86. The summed E-state index contributed by atoms with van der Waals surface area (Å²) < 4.78 is 5.01. The fraction of sp³-hybridized carbons (Fsp3) is 0.100. The number of aromatic nitrogens is 3. The van der Waals surface area contributed by atoms with Crippen molar-refractivity contribution in [2.75, 3.05) is 10.7 Å². The predicted octanol–water partition coefficient (Wildman–Crippen LogP) is 1.58. The minimum Gasteiger partial charge on any atom is -0.362 e. The lowest BCUT2D eigenvalue weighted by Crippen LogP contribution is -2.12. The highest BCUT2D eigenvalue weighted by atomic mass is 32.1. The van der Waals surface area contributed by atoms with E-state index in [2.05, 4.69) is 25.9 Å². The van der Waals surface area contributed by atoms with Gasteiger partial charge in [-0.2, -0.15) is 4.98 Å². The van der Waals surface area contributed by atoms with E-state index < -0.39 is 0 Å². The number of hydrogen-bond acceptors (Lipinski definition) is 8. The van der Waals surface area contributed by atoms with Crippen LogP contribution < -0.4 is 16.6 Å². The second-order valence-electron chi connectivity index (χ2n) is 3.51. The molecule has 0 saturated carbocycles. The van der Waals surface area contributed by atoms with Gasteiger partial charge in [0.25, 0.3) is 0 Å². The maximum atomic E-state index is 5.34. The van der Waals surface area contributed by atoms with E-state index in [9.17, 15) is 0 Å². The van der Waals surface area contributed by atoms with Crippen LogP contribution >= 0.6 is 11.3 Å². The molecule has 3 aromatic heterocycles. The molecular weight excluding hydrogens is 252 g/mol. The quantitative estimate of drug-likeness (QED) is 0.484. The minimum atomic E-state index is 0.380. The standard InChI is InChI=1S/C10H10N6OS/c11-16-10-14-8(7-2-4-18-9(7)15-10)12-5-6-1-3-13-17-6/h1-4H,5,11H2,(H2,12,14,15,16). The highest BCUT2D eigenvalue weighted by molar-refractivity contribution is 7.16. The maximum absolute atomic E-state index is 5.34. The van der Waals surface area contributed by atoms with Gasteiger partial charge in [-0.15, -0.1) is 11.3 Å². The van der Waals surface area contributed by atoms with Crippen molar-refractivity contribution in [1.29, 1.82) is 0 Å². The Balaban J connectivity index is 1.92. The number of rotatable bonds is 4. The number of nitrogen functional groups attached to an aromatic ring is 1. The molecule has 92 valence electrons. The van der Waals surface area contributed by atoms with Crippen molar-refractivity contribution in [3.63, 3.8) is 0 Å². The first-order valence-electron chi connectivity index (χ1n) is 5.22. The van der Waals surface area contributed by atoms with Crippen LogP contribution in [-0.2, 0) is 6.54 Å². The Kier molecular flexibility index (Phi) is 2.79. The summed E-state index contributed by atoms with van der Waals surface area (Å²) in [4.78, 5) is 9.41. The van der Waals surface area contributed by atoms with E-state index in [-0.39, 0.29) is 0 Å². The lowest BCUT2D eigenvalue weighted by molar-refractivity contribution is 0.388. The molecule has 0 aliphatic heterocycles. The molecule has 3 aromatic rings. The highest BCUT2D eigenvalue weighted by Gasteiger charge is 2.08. The zero-order valence-corrected chi connectivity index (χ0v) is 10.1. The van der Waals surface area contributed by atoms with E-state index >= 15 is 0 Å². The van der Waals surface area contributed by atoms with Crippen LogP contribution in [0.5, 0.6) is 0 Å². The topological polar surface area (TPSA) is 102 Å². The van der Waals surface area contributed by atoms with Gasteiger partial charge in [0, 0.05) is 6.07 Å². The third-order valence-corrected chi connectivity index (χ3v) is 3.18. The Hall–Kier alpha value is -2.19. The van der Waals surface area contributed by atoms with Crippen LogP contribution in [-0.4, -0.2) is 15.1 Å². The average molecular weight is 262 g/mol. The number of anilines is 2. The van der Waals surface area contributed by atoms with Gasteiger partial charge >= 0.3 is 0 Å². The number of hydrazine groups is 1. The van der Waals surface area contributed by atoms with Gasteiger partial charge in [-0.3, -0.25) is 5.43 Å². The van der Waals surface area contributed by atoms with Gasteiger partial charge in [0.2, 0.25) is 5.95 Å². The van der Waals surface area contributed by atoms with E-state index in [0.717, 1.165) is 16.0 Å². The van der Waals surface area contributed by atoms with Gasteiger partial charge in [0.15, 0.2) is 5.76 Å². The Morgan fingerprint density at radius 3 is 3.06 bits per heavy atom. The highest BCUT2D eigenvalue weighted by Crippen LogP contribution is 2.26. The van der Waals surface area contributed by atoms with Crippen molar-refractivity contribution >= 4 is 33.3 Å². The van der Waals surface area contributed by atoms with Crippen molar-refractivity contribution in [2.45, 2.75) is 6.54 Å². The molecule has 0 atom stereocenters. The van der Waals surface area contributed by atoms with E-state index in [0.29, 0.717) is 18.3 Å². The summed E-state index contributed by atoms with van der Waals surface area (Å²) in [6.07, 6.45) is 1.60. The van der Waals surface area contributed by atoms with Crippen molar-refractivity contribution in [3.8, 4) is 0 Å². The molecule has 0 unspecified atom stereocenters. The molecule has 3 rings (SSSR count). The van der Waals surface area contributed by atoms with Crippen LogP contribution in [0.15, 0.2) is 28.2 Å². The lowest BCUT2D eigenvalue weighted by Gasteiger charge is -2.06. The first kappa shape index (κ1) is 10.9. The molecule has 0 aromatic carbocycles. The summed E-state index contributed by atoms with van der Waals surface area (Å²) in [6, 6.07) is 3.75. The molecule has 0 fully saturated rings. The van der Waals surface area contributed by atoms with Crippen LogP contribution in [0.4, 0.5) is 11.8 Å². The van der Waals surface area contributed by atoms with Crippen molar-refractivity contribution in [1.82, 2.24) is 15.1 Å². The molecule has 18 heavy (non-hydrogen) atoms. The number of hydrogen-bond donors (Lipinski definition) is 3. The second kappa shape index (κ2) is 4.59. The van der Waals surface area contributed by atoms with E-state index in [1.807, 2.05) is 11.4 Å². The summed E-state index contributed by atoms with van der Waals surface area (Å²) in [5.41, 5.74) is 2.45. The van der Waals surface area contributed by atoms with Crippen molar-refractivity contribution in [3.05, 3.63) is 29.5 Å². The first-order valence-corrected chi connectivity index (χ1v) is 6.10. The number of fused-ring (bicyclic) bond motifs is 1. The van der Waals surface area contributed by atoms with Crippen LogP contribution in [0.2, 0.25) is 0 Å².